The van der Waals surface area contributed by atoms with E-state index in [1.807, 2.05) is 0 Å². The van der Waals surface area contributed by atoms with Crippen LogP contribution in [-0.4, -0.2) is 48.6 Å². The molecular formula is C12H23ClN2O2S. The molecule has 6 heteroatoms. The van der Waals surface area contributed by atoms with Crippen molar-refractivity contribution < 1.29 is 8.42 Å². The lowest BCUT2D eigenvalue weighted by Gasteiger charge is -2.34. The maximum absolute atomic E-state index is 12.7. The van der Waals surface area contributed by atoms with Gasteiger partial charge in [0.25, 0.3) is 10.2 Å². The van der Waals surface area contributed by atoms with Crippen LogP contribution in [-0.2, 0) is 10.2 Å². The quantitative estimate of drug-likeness (QED) is 0.729. The predicted octanol–water partition coefficient (Wildman–Crippen LogP) is 2.20. The fraction of sp³-hybridized carbons (Fsp3) is 1.00. The minimum Gasteiger partial charge on any atom is -0.195 e. The van der Waals surface area contributed by atoms with Crippen LogP contribution in [0.2, 0.25) is 0 Å². The van der Waals surface area contributed by atoms with Crippen molar-refractivity contribution in [3.63, 3.8) is 0 Å². The van der Waals surface area contributed by atoms with Crippen LogP contribution in [0.4, 0.5) is 0 Å². The number of hydrogen-bond donors (Lipinski definition) is 0. The van der Waals surface area contributed by atoms with Gasteiger partial charge in [-0.25, -0.2) is 0 Å². The van der Waals surface area contributed by atoms with Crippen LogP contribution < -0.4 is 0 Å². The van der Waals surface area contributed by atoms with Gasteiger partial charge in [0.15, 0.2) is 0 Å². The highest BCUT2D eigenvalue weighted by Gasteiger charge is 2.36. The first-order valence-electron chi connectivity index (χ1n) is 6.99. The third-order valence-electron chi connectivity index (χ3n) is 3.97. The van der Waals surface area contributed by atoms with E-state index in [1.54, 1.807) is 8.61 Å². The summed E-state index contributed by atoms with van der Waals surface area (Å²) in [5.74, 6) is 0.379. The van der Waals surface area contributed by atoms with Gasteiger partial charge in [0.05, 0.1) is 0 Å². The van der Waals surface area contributed by atoms with Crippen LogP contribution in [0.5, 0.6) is 0 Å². The van der Waals surface area contributed by atoms with Gasteiger partial charge in [0.2, 0.25) is 0 Å². The molecule has 1 aliphatic heterocycles. The van der Waals surface area contributed by atoms with Crippen molar-refractivity contribution in [1.29, 1.82) is 0 Å². The lowest BCUT2D eigenvalue weighted by atomic mass is 10.2. The monoisotopic (exact) mass is 294 g/mol. The molecule has 2 rings (SSSR count). The van der Waals surface area contributed by atoms with Crippen molar-refractivity contribution in [3.8, 4) is 0 Å². The average molecular weight is 295 g/mol. The van der Waals surface area contributed by atoms with Gasteiger partial charge in [-0.2, -0.15) is 17.0 Å². The highest BCUT2D eigenvalue weighted by Crippen LogP contribution is 2.28. The van der Waals surface area contributed by atoms with Gasteiger partial charge < -0.3 is 0 Å². The van der Waals surface area contributed by atoms with Crippen LogP contribution in [0.3, 0.4) is 0 Å². The largest absolute Gasteiger partial charge is 0.282 e. The average Bonchev–Trinajstić information content (AvgIpc) is 2.90. The third-order valence-corrected chi connectivity index (χ3v) is 6.23. The summed E-state index contributed by atoms with van der Waals surface area (Å²) in [7, 11) is -3.29. The molecule has 1 saturated carbocycles. The summed E-state index contributed by atoms with van der Waals surface area (Å²) in [5.41, 5.74) is 0. The second kappa shape index (κ2) is 6.55. The number of piperidine rings is 1. The Morgan fingerprint density at radius 2 is 1.67 bits per heavy atom. The molecule has 2 fully saturated rings. The predicted molar refractivity (Wildman–Crippen MR) is 74.0 cm³/mol. The Kier molecular flexibility index (Phi) is 5.30. The summed E-state index contributed by atoms with van der Waals surface area (Å²) in [5, 5.41) is 0. The standard InChI is InChI=1S/C12H23ClN2O2S/c13-8-11-15(12-6-2-3-7-12)18(16,17)14-9-4-1-5-10-14/h12H,1-11H2. The minimum atomic E-state index is -3.29. The topological polar surface area (TPSA) is 40.6 Å². The summed E-state index contributed by atoms with van der Waals surface area (Å²) in [6, 6.07) is 0.177. The SMILES string of the molecule is O=S(=O)(N1CCCCC1)N(CCCl)C1CCCC1. The molecule has 4 nitrogen and oxygen atoms in total. The Hall–Kier alpha value is 0.160. The van der Waals surface area contributed by atoms with E-state index in [9.17, 15) is 8.42 Å². The Labute approximate surface area is 115 Å². The lowest BCUT2D eigenvalue weighted by molar-refractivity contribution is 0.274. The second-order valence-corrected chi connectivity index (χ2v) is 7.46. The van der Waals surface area contributed by atoms with E-state index in [0.29, 0.717) is 25.5 Å². The fourth-order valence-corrected chi connectivity index (χ4v) is 5.21. The number of alkyl halides is 1. The van der Waals surface area contributed by atoms with Crippen molar-refractivity contribution >= 4 is 21.8 Å². The molecule has 1 saturated heterocycles. The van der Waals surface area contributed by atoms with E-state index in [2.05, 4.69) is 0 Å². The summed E-state index contributed by atoms with van der Waals surface area (Å²) in [6.45, 7) is 1.80. The molecule has 0 bridgehead atoms. The van der Waals surface area contributed by atoms with Gasteiger partial charge >= 0.3 is 0 Å². The Morgan fingerprint density at radius 3 is 2.22 bits per heavy atom. The first-order chi connectivity index (χ1) is 8.66. The second-order valence-electron chi connectivity index (χ2n) is 5.21. The molecule has 0 aromatic rings. The van der Waals surface area contributed by atoms with Gasteiger partial charge in [-0.15, -0.1) is 11.6 Å². The van der Waals surface area contributed by atoms with Crippen molar-refractivity contribution in [3.05, 3.63) is 0 Å². The zero-order chi connectivity index (χ0) is 13.0. The summed E-state index contributed by atoms with van der Waals surface area (Å²) in [6.07, 6.45) is 7.37. The molecule has 106 valence electrons. The van der Waals surface area contributed by atoms with E-state index < -0.39 is 10.2 Å². The summed E-state index contributed by atoms with van der Waals surface area (Å²) in [4.78, 5) is 0. The zero-order valence-electron chi connectivity index (χ0n) is 10.9. The highest BCUT2D eigenvalue weighted by atomic mass is 35.5. The minimum absolute atomic E-state index is 0.177. The molecule has 0 radical (unpaired) electrons. The molecule has 0 aromatic carbocycles. The molecule has 0 aromatic heterocycles. The van der Waals surface area contributed by atoms with Crippen molar-refractivity contribution in [2.75, 3.05) is 25.5 Å². The molecule has 0 spiro atoms. The van der Waals surface area contributed by atoms with Crippen LogP contribution >= 0.6 is 11.6 Å². The van der Waals surface area contributed by atoms with Gasteiger partial charge in [-0.1, -0.05) is 19.3 Å². The highest BCUT2D eigenvalue weighted by molar-refractivity contribution is 7.86. The van der Waals surface area contributed by atoms with E-state index in [4.69, 9.17) is 11.6 Å². The molecule has 2 aliphatic rings. The van der Waals surface area contributed by atoms with Gasteiger partial charge in [-0.05, 0) is 25.7 Å². The maximum atomic E-state index is 12.7. The van der Waals surface area contributed by atoms with Gasteiger partial charge in [-0.3, -0.25) is 0 Å². The van der Waals surface area contributed by atoms with Crippen LogP contribution in [0, 0.1) is 0 Å². The third kappa shape index (κ3) is 3.18. The van der Waals surface area contributed by atoms with E-state index in [0.717, 1.165) is 44.9 Å². The molecular weight excluding hydrogens is 272 g/mol. The number of hydrogen-bond acceptors (Lipinski definition) is 2. The Bertz CT molecular complexity index is 349. The van der Waals surface area contributed by atoms with E-state index >= 15 is 0 Å². The molecule has 1 heterocycles. The first kappa shape index (κ1) is 14.6. The number of halogens is 1. The molecule has 1 aliphatic carbocycles. The van der Waals surface area contributed by atoms with Crippen LogP contribution in [0.25, 0.3) is 0 Å². The number of rotatable bonds is 5. The molecule has 0 N–H and O–H groups in total. The van der Waals surface area contributed by atoms with Crippen molar-refractivity contribution in [1.82, 2.24) is 8.61 Å². The van der Waals surface area contributed by atoms with Gasteiger partial charge in [0, 0.05) is 31.6 Å². The van der Waals surface area contributed by atoms with E-state index in [1.165, 1.54) is 0 Å². The fourth-order valence-electron chi connectivity index (χ4n) is 3.01. The zero-order valence-corrected chi connectivity index (χ0v) is 12.4. The Balaban J connectivity index is 2.11. The summed E-state index contributed by atoms with van der Waals surface area (Å²) < 4.78 is 28.6. The number of nitrogens with zero attached hydrogens (tertiary/aromatic N) is 2. The normalized spacial score (nSPS) is 23.9. The molecule has 0 amide bonds. The lowest BCUT2D eigenvalue weighted by Crippen LogP contribution is -2.50. The van der Waals surface area contributed by atoms with Crippen molar-refractivity contribution in [2.24, 2.45) is 0 Å². The van der Waals surface area contributed by atoms with Crippen LogP contribution in [0.1, 0.15) is 44.9 Å². The first-order valence-corrected chi connectivity index (χ1v) is 8.92. The molecule has 18 heavy (non-hydrogen) atoms. The maximum Gasteiger partial charge on any atom is 0.282 e. The van der Waals surface area contributed by atoms with Gasteiger partial charge in [0.1, 0.15) is 0 Å². The summed E-state index contributed by atoms with van der Waals surface area (Å²) >= 11 is 5.80. The smallest absolute Gasteiger partial charge is 0.195 e. The van der Waals surface area contributed by atoms with Crippen LogP contribution in [0.15, 0.2) is 0 Å². The van der Waals surface area contributed by atoms with E-state index in [-0.39, 0.29) is 6.04 Å². The molecule has 0 unspecified atom stereocenters. The van der Waals surface area contributed by atoms with Crippen molar-refractivity contribution in [2.45, 2.75) is 51.0 Å². The Morgan fingerprint density at radius 1 is 1.06 bits per heavy atom. The molecule has 0 atom stereocenters.